The van der Waals surface area contributed by atoms with Crippen LogP contribution in [0.1, 0.15) is 10.4 Å². The average molecular weight is 373 g/mol. The number of hydrogen-bond acceptors (Lipinski definition) is 5. The Labute approximate surface area is 155 Å². The Morgan fingerprint density at radius 3 is 2.62 bits per heavy atom. The van der Waals surface area contributed by atoms with Gasteiger partial charge in [-0.2, -0.15) is 5.10 Å². The van der Waals surface area contributed by atoms with Gasteiger partial charge in [0.15, 0.2) is 0 Å². The van der Waals surface area contributed by atoms with E-state index in [0.29, 0.717) is 27.9 Å². The van der Waals surface area contributed by atoms with Crippen molar-refractivity contribution >= 4 is 29.0 Å². The van der Waals surface area contributed by atoms with Crippen molar-refractivity contribution in [1.82, 2.24) is 9.78 Å². The largest absolute Gasteiger partial charge is 0.495 e. The molecule has 0 radical (unpaired) electrons. The summed E-state index contributed by atoms with van der Waals surface area (Å²) in [5.41, 5.74) is 7.48. The predicted molar refractivity (Wildman–Crippen MR) is 100 cm³/mol. The molecule has 0 aliphatic carbocycles. The lowest BCUT2D eigenvalue weighted by atomic mass is 10.2. The van der Waals surface area contributed by atoms with Gasteiger partial charge in [-0.3, -0.25) is 4.79 Å². The lowest BCUT2D eigenvalue weighted by Gasteiger charge is -2.11. The van der Waals surface area contributed by atoms with Crippen molar-refractivity contribution in [2.24, 2.45) is 0 Å². The molecule has 7 nitrogen and oxygen atoms in total. The van der Waals surface area contributed by atoms with E-state index in [1.54, 1.807) is 37.4 Å². The zero-order chi connectivity index (χ0) is 18.7. The summed E-state index contributed by atoms with van der Waals surface area (Å²) >= 11 is 5.94. The number of carbonyl (C=O) groups excluding carboxylic acids is 1. The van der Waals surface area contributed by atoms with Crippen LogP contribution in [0.15, 0.2) is 48.7 Å². The molecule has 1 amide bonds. The van der Waals surface area contributed by atoms with Crippen LogP contribution < -0.4 is 20.5 Å². The first kappa shape index (κ1) is 17.6. The van der Waals surface area contributed by atoms with Crippen LogP contribution in [0.5, 0.6) is 11.5 Å². The van der Waals surface area contributed by atoms with Gasteiger partial charge in [0.1, 0.15) is 28.6 Å². The van der Waals surface area contributed by atoms with Crippen molar-refractivity contribution in [2.45, 2.75) is 0 Å². The number of carbonyl (C=O) groups is 1. The minimum absolute atomic E-state index is 0.194. The van der Waals surface area contributed by atoms with Crippen LogP contribution in [0.3, 0.4) is 0 Å². The molecular formula is C18H17ClN4O3. The number of nitrogens with zero attached hydrogens (tertiary/aromatic N) is 2. The summed E-state index contributed by atoms with van der Waals surface area (Å²) in [5, 5.41) is 7.47. The molecule has 3 rings (SSSR count). The summed E-state index contributed by atoms with van der Waals surface area (Å²) in [4.78, 5) is 12.6. The van der Waals surface area contributed by atoms with Crippen LogP contribution >= 0.6 is 11.6 Å². The van der Waals surface area contributed by atoms with Gasteiger partial charge >= 0.3 is 0 Å². The molecule has 0 saturated carbocycles. The molecule has 134 valence electrons. The van der Waals surface area contributed by atoms with Gasteiger partial charge in [-0.15, -0.1) is 0 Å². The Balaban J connectivity index is 1.92. The number of anilines is 2. The average Bonchev–Trinajstić information content (AvgIpc) is 3.04. The van der Waals surface area contributed by atoms with Crippen LogP contribution in [0, 0.1) is 0 Å². The fourth-order valence-corrected chi connectivity index (χ4v) is 2.65. The third kappa shape index (κ3) is 3.29. The van der Waals surface area contributed by atoms with Crippen molar-refractivity contribution < 1.29 is 14.3 Å². The Kier molecular flexibility index (Phi) is 4.99. The molecule has 8 heteroatoms. The first-order chi connectivity index (χ1) is 12.5. The maximum atomic E-state index is 12.6. The first-order valence-corrected chi connectivity index (χ1v) is 8.04. The van der Waals surface area contributed by atoms with Crippen LogP contribution in [0.4, 0.5) is 11.5 Å². The monoisotopic (exact) mass is 372 g/mol. The lowest BCUT2D eigenvalue weighted by Crippen LogP contribution is -2.14. The maximum absolute atomic E-state index is 12.6. The summed E-state index contributed by atoms with van der Waals surface area (Å²) in [6.45, 7) is 0. The molecule has 0 aliphatic heterocycles. The topological polar surface area (TPSA) is 91.4 Å². The van der Waals surface area contributed by atoms with Crippen molar-refractivity contribution in [1.29, 1.82) is 0 Å². The second-order valence-corrected chi connectivity index (χ2v) is 5.76. The molecule has 0 fully saturated rings. The number of nitrogens with two attached hydrogens (primary N) is 1. The van der Waals surface area contributed by atoms with Gasteiger partial charge in [0.25, 0.3) is 5.91 Å². The van der Waals surface area contributed by atoms with Crippen molar-refractivity contribution in [3.8, 4) is 17.2 Å². The van der Waals surface area contributed by atoms with Gasteiger partial charge in [0.05, 0.1) is 26.1 Å². The SMILES string of the molecule is COc1cc(Cl)ccc1NC(=O)c1cnn(-c2ccccc2OC)c1N. The van der Waals surface area contributed by atoms with Gasteiger partial charge < -0.3 is 20.5 Å². The van der Waals surface area contributed by atoms with E-state index in [1.165, 1.54) is 18.0 Å². The number of amides is 1. The molecule has 0 spiro atoms. The van der Waals surface area contributed by atoms with Crippen molar-refractivity contribution in [3.05, 3.63) is 59.2 Å². The third-order valence-corrected chi connectivity index (χ3v) is 4.01. The third-order valence-electron chi connectivity index (χ3n) is 3.78. The Morgan fingerprint density at radius 2 is 1.88 bits per heavy atom. The Bertz CT molecular complexity index is 955. The molecule has 0 bridgehead atoms. The number of benzene rings is 2. The Hall–Kier alpha value is -3.19. The fourth-order valence-electron chi connectivity index (χ4n) is 2.49. The first-order valence-electron chi connectivity index (χ1n) is 7.67. The van der Waals surface area contributed by atoms with E-state index in [2.05, 4.69) is 10.4 Å². The van der Waals surface area contributed by atoms with E-state index >= 15 is 0 Å². The fraction of sp³-hybridized carbons (Fsp3) is 0.111. The van der Waals surface area contributed by atoms with Gasteiger partial charge in [-0.05, 0) is 24.3 Å². The van der Waals surface area contributed by atoms with Crippen LogP contribution in [-0.2, 0) is 0 Å². The zero-order valence-electron chi connectivity index (χ0n) is 14.2. The number of methoxy groups -OCH3 is 2. The van der Waals surface area contributed by atoms with E-state index in [1.807, 2.05) is 12.1 Å². The molecular weight excluding hydrogens is 356 g/mol. The number of ether oxygens (including phenoxy) is 2. The number of aromatic nitrogens is 2. The van der Waals surface area contributed by atoms with E-state index < -0.39 is 5.91 Å². The minimum atomic E-state index is -0.413. The lowest BCUT2D eigenvalue weighted by molar-refractivity contribution is 0.102. The van der Waals surface area contributed by atoms with Gasteiger partial charge in [-0.25, -0.2) is 4.68 Å². The van der Waals surface area contributed by atoms with E-state index in [9.17, 15) is 4.79 Å². The smallest absolute Gasteiger partial charge is 0.261 e. The summed E-state index contributed by atoms with van der Waals surface area (Å²) < 4.78 is 12.0. The molecule has 1 heterocycles. The van der Waals surface area contributed by atoms with Crippen molar-refractivity contribution in [2.75, 3.05) is 25.3 Å². The summed E-state index contributed by atoms with van der Waals surface area (Å²) in [6.07, 6.45) is 1.40. The number of halogens is 1. The molecule has 1 aromatic heterocycles. The molecule has 2 aromatic carbocycles. The van der Waals surface area contributed by atoms with E-state index in [-0.39, 0.29) is 11.4 Å². The number of hydrogen-bond donors (Lipinski definition) is 2. The molecule has 0 atom stereocenters. The normalized spacial score (nSPS) is 10.4. The number of para-hydroxylation sites is 2. The molecule has 0 aliphatic rings. The number of nitrogens with one attached hydrogen (secondary N) is 1. The maximum Gasteiger partial charge on any atom is 0.261 e. The summed E-state index contributed by atoms with van der Waals surface area (Å²) in [7, 11) is 3.05. The number of rotatable bonds is 5. The predicted octanol–water partition coefficient (Wildman–Crippen LogP) is 3.38. The Morgan fingerprint density at radius 1 is 1.15 bits per heavy atom. The van der Waals surface area contributed by atoms with Gasteiger partial charge in [-0.1, -0.05) is 23.7 Å². The molecule has 0 saturated heterocycles. The highest BCUT2D eigenvalue weighted by Gasteiger charge is 2.19. The minimum Gasteiger partial charge on any atom is -0.495 e. The van der Waals surface area contributed by atoms with Crippen LogP contribution in [-0.4, -0.2) is 29.9 Å². The second-order valence-electron chi connectivity index (χ2n) is 5.33. The summed E-state index contributed by atoms with van der Waals surface area (Å²) in [6, 6.07) is 12.2. The highest BCUT2D eigenvalue weighted by atomic mass is 35.5. The molecule has 3 N–H and O–H groups in total. The van der Waals surface area contributed by atoms with Crippen molar-refractivity contribution in [3.63, 3.8) is 0 Å². The highest BCUT2D eigenvalue weighted by Crippen LogP contribution is 2.29. The van der Waals surface area contributed by atoms with Crippen LogP contribution in [0.2, 0.25) is 5.02 Å². The number of nitrogen functional groups attached to an aromatic ring is 1. The van der Waals surface area contributed by atoms with E-state index in [4.69, 9.17) is 26.8 Å². The van der Waals surface area contributed by atoms with Gasteiger partial charge in [0, 0.05) is 11.1 Å². The molecule has 0 unspecified atom stereocenters. The highest BCUT2D eigenvalue weighted by molar-refractivity contribution is 6.30. The van der Waals surface area contributed by atoms with E-state index in [0.717, 1.165) is 0 Å². The summed E-state index contributed by atoms with van der Waals surface area (Å²) in [5.74, 6) is 0.819. The van der Waals surface area contributed by atoms with Gasteiger partial charge in [0.2, 0.25) is 0 Å². The molecule has 26 heavy (non-hydrogen) atoms. The quantitative estimate of drug-likeness (QED) is 0.716. The standard InChI is InChI=1S/C18H17ClN4O3/c1-25-15-6-4-3-5-14(15)23-17(20)12(10-21-23)18(24)22-13-8-7-11(19)9-16(13)26-2/h3-10H,20H2,1-2H3,(H,22,24). The second kappa shape index (κ2) is 7.37. The van der Waals surface area contributed by atoms with Crippen LogP contribution in [0.25, 0.3) is 5.69 Å². The zero-order valence-corrected chi connectivity index (χ0v) is 14.9. The molecule has 3 aromatic rings.